The number of thiophene rings is 1. The van der Waals surface area contributed by atoms with Crippen LogP contribution in [0.15, 0.2) is 17.4 Å². The lowest BCUT2D eigenvalue weighted by atomic mass is 9.72. The molecule has 1 aliphatic rings. The Morgan fingerprint density at radius 2 is 2.26 bits per heavy atom. The van der Waals surface area contributed by atoms with Gasteiger partial charge < -0.3 is 10.3 Å². The van der Waals surface area contributed by atoms with Crippen molar-refractivity contribution in [3.05, 3.63) is 39.3 Å². The predicted octanol–water partition coefficient (Wildman–Crippen LogP) is 3.41. The number of rotatable bonds is 4. The predicted molar refractivity (Wildman–Crippen MR) is 97.1 cm³/mol. The normalized spacial score (nSPS) is 18.1. The Labute approximate surface area is 141 Å². The monoisotopic (exact) mass is 331 g/mol. The highest BCUT2D eigenvalue weighted by molar-refractivity contribution is 7.18. The molecular weight excluding hydrogens is 306 g/mol. The van der Waals surface area contributed by atoms with E-state index in [4.69, 9.17) is 0 Å². The van der Waals surface area contributed by atoms with Crippen molar-refractivity contribution in [1.82, 2.24) is 15.3 Å². The zero-order valence-corrected chi connectivity index (χ0v) is 15.0. The molecule has 0 spiro atoms. The molecular formula is C18H25N3OS. The summed E-state index contributed by atoms with van der Waals surface area (Å²) in [5.41, 5.74) is 1.56. The van der Waals surface area contributed by atoms with Gasteiger partial charge >= 0.3 is 0 Å². The molecule has 2 aromatic rings. The van der Waals surface area contributed by atoms with E-state index in [9.17, 15) is 4.79 Å². The van der Waals surface area contributed by atoms with Crippen LogP contribution in [-0.2, 0) is 19.4 Å². The summed E-state index contributed by atoms with van der Waals surface area (Å²) in [5.74, 6) is 1.38. The van der Waals surface area contributed by atoms with Gasteiger partial charge in [0.1, 0.15) is 10.7 Å². The smallest absolute Gasteiger partial charge is 0.259 e. The van der Waals surface area contributed by atoms with Crippen LogP contribution < -0.4 is 10.9 Å². The lowest BCUT2D eigenvalue weighted by molar-refractivity contribution is 0.218. The number of nitrogens with zero attached hydrogens (tertiary/aromatic N) is 1. The molecule has 23 heavy (non-hydrogen) atoms. The Hall–Kier alpha value is -1.46. The number of aryl methyl sites for hydroxylation is 1. The zero-order chi connectivity index (χ0) is 16.6. The summed E-state index contributed by atoms with van der Waals surface area (Å²) in [7, 11) is 0. The van der Waals surface area contributed by atoms with E-state index in [-0.39, 0.29) is 5.56 Å². The topological polar surface area (TPSA) is 57.8 Å². The SMILES string of the molecule is C=CCNCc1nc2sc3c(c2c(=O)[nH]1)CCC(C(C)(C)C)C3. The van der Waals surface area contributed by atoms with E-state index < -0.39 is 0 Å². The molecule has 2 aromatic heterocycles. The molecule has 0 saturated carbocycles. The number of H-pyrrole nitrogens is 1. The average molecular weight is 331 g/mol. The van der Waals surface area contributed by atoms with Gasteiger partial charge in [0.05, 0.1) is 11.9 Å². The molecule has 0 fully saturated rings. The molecule has 3 rings (SSSR count). The standard InChI is InChI=1S/C18H25N3OS/c1-5-8-19-10-14-20-16(22)15-12-7-6-11(18(2,3)4)9-13(12)23-17(15)21-14/h5,11,19H,1,6-10H2,2-4H3,(H,20,21,22). The van der Waals surface area contributed by atoms with Crippen LogP contribution in [0, 0.1) is 11.3 Å². The zero-order valence-electron chi connectivity index (χ0n) is 14.2. The second kappa shape index (κ2) is 6.21. The molecule has 2 N–H and O–H groups in total. The van der Waals surface area contributed by atoms with Gasteiger partial charge in [-0.2, -0.15) is 0 Å². The Balaban J connectivity index is 1.95. The van der Waals surface area contributed by atoms with Gasteiger partial charge in [-0.15, -0.1) is 17.9 Å². The van der Waals surface area contributed by atoms with Crippen LogP contribution in [0.3, 0.4) is 0 Å². The second-order valence-electron chi connectivity index (χ2n) is 7.42. The van der Waals surface area contributed by atoms with Crippen LogP contribution >= 0.6 is 11.3 Å². The van der Waals surface area contributed by atoms with E-state index in [0.29, 0.717) is 30.2 Å². The lowest BCUT2D eigenvalue weighted by Gasteiger charge is -2.33. The van der Waals surface area contributed by atoms with E-state index >= 15 is 0 Å². The third kappa shape index (κ3) is 3.26. The van der Waals surface area contributed by atoms with Crippen molar-refractivity contribution in [2.24, 2.45) is 11.3 Å². The molecule has 0 radical (unpaired) electrons. The largest absolute Gasteiger partial charge is 0.309 e. The summed E-state index contributed by atoms with van der Waals surface area (Å²) < 4.78 is 0. The maximum Gasteiger partial charge on any atom is 0.259 e. The van der Waals surface area contributed by atoms with Crippen molar-refractivity contribution in [2.75, 3.05) is 6.54 Å². The summed E-state index contributed by atoms with van der Waals surface area (Å²) in [6.45, 7) is 11.9. The molecule has 5 heteroatoms. The van der Waals surface area contributed by atoms with Crippen molar-refractivity contribution in [3.63, 3.8) is 0 Å². The Kier molecular flexibility index (Phi) is 4.43. The number of aromatic amines is 1. The molecule has 1 atom stereocenters. The number of fused-ring (bicyclic) bond motifs is 3. The maximum absolute atomic E-state index is 12.5. The van der Waals surface area contributed by atoms with Crippen LogP contribution in [-0.4, -0.2) is 16.5 Å². The van der Waals surface area contributed by atoms with E-state index in [1.54, 1.807) is 17.4 Å². The van der Waals surface area contributed by atoms with Gasteiger partial charge in [0.2, 0.25) is 0 Å². The Bertz CT molecular complexity index is 782. The van der Waals surface area contributed by atoms with Gasteiger partial charge in [-0.25, -0.2) is 4.98 Å². The number of hydrogen-bond acceptors (Lipinski definition) is 4. The van der Waals surface area contributed by atoms with E-state index in [0.717, 1.165) is 29.5 Å². The van der Waals surface area contributed by atoms with Gasteiger partial charge in [0, 0.05) is 11.4 Å². The highest BCUT2D eigenvalue weighted by Crippen LogP contribution is 2.41. The molecule has 4 nitrogen and oxygen atoms in total. The van der Waals surface area contributed by atoms with Crippen LogP contribution in [0.2, 0.25) is 0 Å². The average Bonchev–Trinajstić information content (AvgIpc) is 2.84. The molecule has 0 bridgehead atoms. The fraction of sp³-hybridized carbons (Fsp3) is 0.556. The first-order chi connectivity index (χ1) is 10.9. The van der Waals surface area contributed by atoms with Crippen LogP contribution in [0.4, 0.5) is 0 Å². The summed E-state index contributed by atoms with van der Waals surface area (Å²) >= 11 is 1.71. The molecule has 124 valence electrons. The van der Waals surface area contributed by atoms with Gasteiger partial charge in [-0.05, 0) is 36.2 Å². The van der Waals surface area contributed by atoms with Gasteiger partial charge in [-0.1, -0.05) is 26.8 Å². The first kappa shape index (κ1) is 16.4. The number of aromatic nitrogens is 2. The molecule has 0 aromatic carbocycles. The summed E-state index contributed by atoms with van der Waals surface area (Å²) in [6, 6.07) is 0. The minimum atomic E-state index is 0.0112. The Morgan fingerprint density at radius 1 is 1.48 bits per heavy atom. The highest BCUT2D eigenvalue weighted by Gasteiger charge is 2.31. The molecule has 1 aliphatic carbocycles. The lowest BCUT2D eigenvalue weighted by Crippen LogP contribution is -2.26. The van der Waals surface area contributed by atoms with Crippen LogP contribution in [0.1, 0.15) is 43.5 Å². The molecule has 0 aliphatic heterocycles. The molecule has 0 amide bonds. The van der Waals surface area contributed by atoms with E-state index in [1.165, 1.54) is 10.4 Å². The Morgan fingerprint density at radius 3 is 2.96 bits per heavy atom. The minimum absolute atomic E-state index is 0.0112. The van der Waals surface area contributed by atoms with E-state index in [1.807, 2.05) is 0 Å². The third-order valence-electron chi connectivity index (χ3n) is 4.77. The van der Waals surface area contributed by atoms with Crippen LogP contribution in [0.25, 0.3) is 10.2 Å². The fourth-order valence-corrected chi connectivity index (χ4v) is 4.66. The maximum atomic E-state index is 12.5. The number of nitrogens with one attached hydrogen (secondary N) is 2. The summed E-state index contributed by atoms with van der Waals surface area (Å²) in [4.78, 5) is 22.4. The van der Waals surface area contributed by atoms with Crippen molar-refractivity contribution in [2.45, 2.75) is 46.6 Å². The van der Waals surface area contributed by atoms with Crippen LogP contribution in [0.5, 0.6) is 0 Å². The third-order valence-corrected chi connectivity index (χ3v) is 5.92. The van der Waals surface area contributed by atoms with Gasteiger partial charge in [-0.3, -0.25) is 4.79 Å². The molecule has 1 unspecified atom stereocenters. The van der Waals surface area contributed by atoms with Gasteiger partial charge in [0.15, 0.2) is 0 Å². The summed E-state index contributed by atoms with van der Waals surface area (Å²) in [6.07, 6.45) is 5.02. The van der Waals surface area contributed by atoms with Crippen molar-refractivity contribution < 1.29 is 0 Å². The second-order valence-corrected chi connectivity index (χ2v) is 8.51. The molecule has 2 heterocycles. The van der Waals surface area contributed by atoms with Gasteiger partial charge in [0.25, 0.3) is 5.56 Å². The highest BCUT2D eigenvalue weighted by atomic mass is 32.1. The first-order valence-corrected chi connectivity index (χ1v) is 9.07. The summed E-state index contributed by atoms with van der Waals surface area (Å²) in [5, 5.41) is 4.01. The molecule has 0 saturated heterocycles. The minimum Gasteiger partial charge on any atom is -0.309 e. The first-order valence-electron chi connectivity index (χ1n) is 8.25. The number of hydrogen-bond donors (Lipinski definition) is 2. The van der Waals surface area contributed by atoms with E-state index in [2.05, 4.69) is 42.6 Å². The fourth-order valence-electron chi connectivity index (χ4n) is 3.34. The van der Waals surface area contributed by atoms with Crippen molar-refractivity contribution in [3.8, 4) is 0 Å². The van der Waals surface area contributed by atoms with Crippen molar-refractivity contribution >= 4 is 21.6 Å². The van der Waals surface area contributed by atoms with Crippen molar-refractivity contribution in [1.29, 1.82) is 0 Å². The quantitative estimate of drug-likeness (QED) is 0.667.